The van der Waals surface area contributed by atoms with Gasteiger partial charge in [0.25, 0.3) is 0 Å². The van der Waals surface area contributed by atoms with Crippen molar-refractivity contribution in [2.45, 2.75) is 12.2 Å². The number of pyridine rings is 2. The lowest BCUT2D eigenvalue weighted by Gasteiger charge is -2.25. The highest BCUT2D eigenvalue weighted by Gasteiger charge is 2.43. The third-order valence-electron chi connectivity index (χ3n) is 5.17. The highest BCUT2D eigenvalue weighted by Crippen LogP contribution is 2.41. The summed E-state index contributed by atoms with van der Waals surface area (Å²) in [5.41, 5.74) is 1.94. The molecule has 0 saturated carbocycles. The number of halogens is 4. The summed E-state index contributed by atoms with van der Waals surface area (Å²) in [4.78, 5) is 16.9. The van der Waals surface area contributed by atoms with E-state index in [9.17, 15) is 13.2 Å². The summed E-state index contributed by atoms with van der Waals surface area (Å²) in [6, 6.07) is 16.4. The highest BCUT2D eigenvalue weighted by atomic mass is 35.5. The lowest BCUT2D eigenvalue weighted by atomic mass is 9.97. The Kier molecular flexibility index (Phi) is 5.30. The first-order chi connectivity index (χ1) is 15.9. The van der Waals surface area contributed by atoms with Crippen LogP contribution in [0.4, 0.5) is 19.0 Å². The Morgan fingerprint density at radius 3 is 2.45 bits per heavy atom. The van der Waals surface area contributed by atoms with E-state index in [2.05, 4.69) is 25.3 Å². The van der Waals surface area contributed by atoms with Gasteiger partial charge in [-0.1, -0.05) is 41.9 Å². The molecule has 0 amide bonds. The summed E-state index contributed by atoms with van der Waals surface area (Å²) < 4.78 is 43.5. The smallest absolute Gasteiger partial charge is 0.353 e. The van der Waals surface area contributed by atoms with Crippen LogP contribution in [-0.4, -0.2) is 26.1 Å². The number of anilines is 1. The van der Waals surface area contributed by atoms with E-state index in [1.807, 2.05) is 0 Å². The second kappa shape index (κ2) is 8.29. The Hall–Kier alpha value is -3.78. The maximum Gasteiger partial charge on any atom is 0.412 e. The van der Waals surface area contributed by atoms with Crippen molar-refractivity contribution in [3.63, 3.8) is 0 Å². The number of aromatic nitrogens is 4. The number of benzene rings is 2. The predicted octanol–water partition coefficient (Wildman–Crippen LogP) is 6.61. The second-order valence-electron chi connectivity index (χ2n) is 7.34. The van der Waals surface area contributed by atoms with Gasteiger partial charge >= 0.3 is 6.18 Å². The summed E-state index contributed by atoms with van der Waals surface area (Å²) >= 11 is 6.10. The van der Waals surface area contributed by atoms with Crippen LogP contribution in [0.2, 0.25) is 5.02 Å². The van der Waals surface area contributed by atoms with E-state index < -0.39 is 12.2 Å². The van der Waals surface area contributed by atoms with E-state index in [4.69, 9.17) is 11.6 Å². The standard InChI is InChI=1S/C24H15ClF3N5/c25-16-8-9-18-15(11-16)12-17(20(32-18)14-5-2-1-3-6-14)22(24(26,27)28)33-23-21-19(30-13-31-23)7-4-10-29-21/h1-13,22H,(H,30,31,33)/t22-/m1/s1. The van der Waals surface area contributed by atoms with E-state index in [0.717, 1.165) is 0 Å². The van der Waals surface area contributed by atoms with Crippen LogP contribution in [0, 0.1) is 0 Å². The van der Waals surface area contributed by atoms with Gasteiger partial charge in [-0.25, -0.2) is 15.0 Å². The minimum atomic E-state index is -4.66. The van der Waals surface area contributed by atoms with Gasteiger partial charge < -0.3 is 5.32 Å². The molecule has 0 aliphatic rings. The van der Waals surface area contributed by atoms with E-state index in [-0.39, 0.29) is 22.6 Å². The maximum absolute atomic E-state index is 14.5. The van der Waals surface area contributed by atoms with Gasteiger partial charge in [-0.15, -0.1) is 0 Å². The molecular weight excluding hydrogens is 451 g/mol. The number of rotatable bonds is 4. The van der Waals surface area contributed by atoms with Crippen molar-refractivity contribution < 1.29 is 13.2 Å². The summed E-state index contributed by atoms with van der Waals surface area (Å²) in [6.07, 6.45) is -1.98. The molecule has 3 heterocycles. The first kappa shape index (κ1) is 21.1. The first-order valence-electron chi connectivity index (χ1n) is 9.95. The molecule has 33 heavy (non-hydrogen) atoms. The van der Waals surface area contributed by atoms with Crippen molar-refractivity contribution in [3.8, 4) is 11.3 Å². The molecule has 0 radical (unpaired) electrons. The van der Waals surface area contributed by atoms with Crippen molar-refractivity contribution >= 4 is 39.4 Å². The van der Waals surface area contributed by atoms with Gasteiger partial charge in [0.1, 0.15) is 11.8 Å². The molecule has 5 aromatic rings. The van der Waals surface area contributed by atoms with Crippen molar-refractivity contribution in [1.82, 2.24) is 19.9 Å². The van der Waals surface area contributed by atoms with Crippen LogP contribution >= 0.6 is 11.6 Å². The van der Waals surface area contributed by atoms with Crippen LogP contribution in [0.1, 0.15) is 11.6 Å². The zero-order chi connectivity index (χ0) is 23.0. The maximum atomic E-state index is 14.5. The zero-order valence-corrected chi connectivity index (χ0v) is 17.6. The lowest BCUT2D eigenvalue weighted by molar-refractivity contribution is -0.143. The molecule has 2 aromatic carbocycles. The van der Waals surface area contributed by atoms with Gasteiger partial charge in [0.2, 0.25) is 0 Å². The zero-order valence-electron chi connectivity index (χ0n) is 16.9. The molecule has 0 saturated heterocycles. The highest BCUT2D eigenvalue weighted by molar-refractivity contribution is 6.31. The molecule has 0 aliphatic heterocycles. The van der Waals surface area contributed by atoms with Crippen molar-refractivity contribution in [2.24, 2.45) is 0 Å². The Morgan fingerprint density at radius 1 is 0.848 bits per heavy atom. The van der Waals surface area contributed by atoms with Gasteiger partial charge in [0, 0.05) is 27.7 Å². The minimum Gasteiger partial charge on any atom is -0.353 e. The molecule has 5 rings (SSSR count). The molecule has 1 N–H and O–H groups in total. The number of hydrogen-bond acceptors (Lipinski definition) is 5. The molecule has 5 nitrogen and oxygen atoms in total. The van der Waals surface area contributed by atoms with Crippen LogP contribution in [0.25, 0.3) is 33.2 Å². The quantitative estimate of drug-likeness (QED) is 0.323. The number of hydrogen-bond donors (Lipinski definition) is 1. The average molecular weight is 466 g/mol. The molecule has 3 aromatic heterocycles. The number of fused-ring (bicyclic) bond motifs is 2. The monoisotopic (exact) mass is 465 g/mol. The second-order valence-corrected chi connectivity index (χ2v) is 7.78. The largest absolute Gasteiger partial charge is 0.412 e. The van der Waals surface area contributed by atoms with Crippen LogP contribution in [0.3, 0.4) is 0 Å². The fourth-order valence-electron chi connectivity index (χ4n) is 3.68. The van der Waals surface area contributed by atoms with E-state index >= 15 is 0 Å². The van der Waals surface area contributed by atoms with E-state index in [0.29, 0.717) is 27.0 Å². The fourth-order valence-corrected chi connectivity index (χ4v) is 3.86. The van der Waals surface area contributed by atoms with Gasteiger partial charge in [-0.05, 0) is 36.4 Å². The summed E-state index contributed by atoms with van der Waals surface area (Å²) in [6.45, 7) is 0. The van der Waals surface area contributed by atoms with Crippen molar-refractivity contribution in [1.29, 1.82) is 0 Å². The average Bonchev–Trinajstić information content (AvgIpc) is 2.81. The fraction of sp³-hybridized carbons (Fsp3) is 0.0833. The molecule has 0 spiro atoms. The van der Waals surface area contributed by atoms with Crippen LogP contribution < -0.4 is 5.32 Å². The molecule has 9 heteroatoms. The van der Waals surface area contributed by atoms with Gasteiger partial charge in [-0.3, -0.25) is 4.98 Å². The number of alkyl halides is 3. The molecular formula is C24H15ClF3N5. The van der Waals surface area contributed by atoms with Crippen LogP contribution in [0.5, 0.6) is 0 Å². The van der Waals surface area contributed by atoms with Gasteiger partial charge in [0.05, 0.1) is 16.7 Å². The Bertz CT molecular complexity index is 1450. The van der Waals surface area contributed by atoms with Gasteiger partial charge in [-0.2, -0.15) is 13.2 Å². The molecule has 0 aliphatic carbocycles. The van der Waals surface area contributed by atoms with Crippen LogP contribution in [-0.2, 0) is 0 Å². The topological polar surface area (TPSA) is 63.6 Å². The third kappa shape index (κ3) is 4.17. The Labute approximate surface area is 191 Å². The molecule has 0 bridgehead atoms. The van der Waals surface area contributed by atoms with Crippen molar-refractivity contribution in [3.05, 3.63) is 89.8 Å². The third-order valence-corrected chi connectivity index (χ3v) is 5.40. The first-order valence-corrected chi connectivity index (χ1v) is 10.3. The van der Waals surface area contributed by atoms with E-state index in [1.54, 1.807) is 60.7 Å². The summed E-state index contributed by atoms with van der Waals surface area (Å²) in [5.74, 6) is -0.0203. The number of nitrogens with zero attached hydrogens (tertiary/aromatic N) is 4. The van der Waals surface area contributed by atoms with Gasteiger partial charge in [0.15, 0.2) is 11.9 Å². The Morgan fingerprint density at radius 2 is 1.67 bits per heavy atom. The molecule has 1 atom stereocenters. The SMILES string of the molecule is FC(F)(F)[C@H](Nc1ncnc2cccnc12)c1cc2cc(Cl)ccc2nc1-c1ccccc1. The normalized spacial score (nSPS) is 12.7. The number of nitrogens with one attached hydrogen (secondary N) is 1. The molecule has 0 fully saturated rings. The van der Waals surface area contributed by atoms with E-state index in [1.165, 1.54) is 18.6 Å². The van der Waals surface area contributed by atoms with Crippen LogP contribution in [0.15, 0.2) is 79.3 Å². The minimum absolute atomic E-state index is 0.0203. The van der Waals surface area contributed by atoms with Crippen molar-refractivity contribution in [2.75, 3.05) is 5.32 Å². The molecule has 164 valence electrons. The lowest BCUT2D eigenvalue weighted by Crippen LogP contribution is -2.29. The Balaban J connectivity index is 1.74. The summed E-state index contributed by atoms with van der Waals surface area (Å²) in [5, 5.41) is 3.46. The summed E-state index contributed by atoms with van der Waals surface area (Å²) in [7, 11) is 0. The predicted molar refractivity (Wildman–Crippen MR) is 122 cm³/mol. The molecule has 0 unspecified atom stereocenters.